The quantitative estimate of drug-likeness (QED) is 0.751. The van der Waals surface area contributed by atoms with Gasteiger partial charge in [-0.15, -0.1) is 22.7 Å². The fourth-order valence-electron chi connectivity index (χ4n) is 1.87. The number of fused-ring (bicyclic) bond motifs is 1. The Balaban J connectivity index is 1.69. The highest BCUT2D eigenvalue weighted by Crippen LogP contribution is 2.25. The number of aliphatic hydroxyl groups excluding tert-OH is 1. The maximum Gasteiger partial charge on any atom is 0.105 e. The number of benzene rings is 1. The summed E-state index contributed by atoms with van der Waals surface area (Å²) in [6.45, 7) is 0.538. The van der Waals surface area contributed by atoms with Gasteiger partial charge in [-0.25, -0.2) is 0 Å². The summed E-state index contributed by atoms with van der Waals surface area (Å²) in [5.74, 6) is 0. The Morgan fingerprint density at radius 1 is 1.11 bits per heavy atom. The van der Waals surface area contributed by atoms with Crippen LogP contribution in [0.3, 0.4) is 0 Å². The van der Waals surface area contributed by atoms with Crippen LogP contribution in [0.4, 0.5) is 5.69 Å². The Morgan fingerprint density at radius 3 is 2.89 bits per heavy atom. The van der Waals surface area contributed by atoms with E-state index in [2.05, 4.69) is 35.0 Å². The minimum Gasteiger partial charge on any atom is -0.386 e. The van der Waals surface area contributed by atoms with Gasteiger partial charge >= 0.3 is 0 Å². The van der Waals surface area contributed by atoms with Gasteiger partial charge in [0.2, 0.25) is 0 Å². The van der Waals surface area contributed by atoms with Crippen molar-refractivity contribution in [2.24, 2.45) is 0 Å². The largest absolute Gasteiger partial charge is 0.386 e. The topological polar surface area (TPSA) is 32.3 Å². The number of rotatable bonds is 4. The Bertz CT molecular complexity index is 630. The molecule has 2 heterocycles. The summed E-state index contributed by atoms with van der Waals surface area (Å²) in [7, 11) is 0. The molecule has 2 N–H and O–H groups in total. The molecule has 2 aromatic heterocycles. The number of hydrogen-bond acceptors (Lipinski definition) is 4. The molecule has 3 aromatic rings. The predicted molar refractivity (Wildman–Crippen MR) is 79.6 cm³/mol. The first-order chi connectivity index (χ1) is 8.83. The standard InChI is InChI=1S/C14H13NOS2/c16-12(14-2-1-6-17-14)9-15-11-3-4-13-10(8-11)5-7-18-13/h1-8,12,15-16H,9H2. The first-order valence-electron chi connectivity index (χ1n) is 5.75. The molecule has 0 aliphatic carbocycles. The lowest BCUT2D eigenvalue weighted by Gasteiger charge is -2.11. The third-order valence-electron chi connectivity index (χ3n) is 2.82. The van der Waals surface area contributed by atoms with E-state index in [0.717, 1.165) is 10.6 Å². The lowest BCUT2D eigenvalue weighted by atomic mass is 10.2. The summed E-state index contributed by atoms with van der Waals surface area (Å²) in [4.78, 5) is 0.999. The van der Waals surface area contributed by atoms with Gasteiger partial charge in [0.25, 0.3) is 0 Å². The van der Waals surface area contributed by atoms with E-state index in [1.54, 1.807) is 22.7 Å². The molecule has 0 radical (unpaired) electrons. The molecule has 0 aliphatic rings. The van der Waals surface area contributed by atoms with Crippen LogP contribution in [0.1, 0.15) is 11.0 Å². The molecule has 0 saturated carbocycles. The van der Waals surface area contributed by atoms with Crippen molar-refractivity contribution in [3.05, 3.63) is 52.0 Å². The molecule has 0 saturated heterocycles. The minimum absolute atomic E-state index is 0.442. The molecule has 18 heavy (non-hydrogen) atoms. The zero-order valence-electron chi connectivity index (χ0n) is 9.67. The second-order valence-corrected chi connectivity index (χ2v) is 6.01. The van der Waals surface area contributed by atoms with Gasteiger partial charge in [-0.05, 0) is 46.5 Å². The summed E-state index contributed by atoms with van der Waals surface area (Å²) in [5, 5.41) is 18.6. The smallest absolute Gasteiger partial charge is 0.105 e. The number of anilines is 1. The van der Waals surface area contributed by atoms with Crippen LogP contribution >= 0.6 is 22.7 Å². The number of thiophene rings is 2. The first kappa shape index (κ1) is 11.7. The van der Waals surface area contributed by atoms with E-state index < -0.39 is 6.10 Å². The lowest BCUT2D eigenvalue weighted by molar-refractivity contribution is 0.195. The van der Waals surface area contributed by atoms with Crippen molar-refractivity contribution in [1.29, 1.82) is 0 Å². The predicted octanol–water partition coefficient (Wildman–Crippen LogP) is 4.11. The van der Waals surface area contributed by atoms with Crippen LogP contribution in [-0.2, 0) is 0 Å². The zero-order chi connectivity index (χ0) is 12.4. The van der Waals surface area contributed by atoms with Gasteiger partial charge in [-0.3, -0.25) is 0 Å². The van der Waals surface area contributed by atoms with Crippen LogP contribution < -0.4 is 5.32 Å². The van der Waals surface area contributed by atoms with Crippen molar-refractivity contribution in [1.82, 2.24) is 0 Å². The molecule has 1 atom stereocenters. The van der Waals surface area contributed by atoms with Crippen molar-refractivity contribution in [2.45, 2.75) is 6.10 Å². The van der Waals surface area contributed by atoms with Gasteiger partial charge < -0.3 is 10.4 Å². The van der Waals surface area contributed by atoms with Crippen LogP contribution in [0, 0.1) is 0 Å². The molecular weight excluding hydrogens is 262 g/mol. The number of hydrogen-bond donors (Lipinski definition) is 2. The van der Waals surface area contributed by atoms with Crippen LogP contribution in [0.15, 0.2) is 47.2 Å². The maximum atomic E-state index is 9.99. The highest BCUT2D eigenvalue weighted by molar-refractivity contribution is 7.17. The fraction of sp³-hybridized carbons (Fsp3) is 0.143. The Labute approximate surface area is 114 Å². The molecule has 2 nitrogen and oxygen atoms in total. The third-order valence-corrected chi connectivity index (χ3v) is 4.69. The number of nitrogens with one attached hydrogen (secondary N) is 1. The van der Waals surface area contributed by atoms with Crippen molar-refractivity contribution in [3.8, 4) is 0 Å². The molecule has 0 spiro atoms. The van der Waals surface area contributed by atoms with E-state index in [-0.39, 0.29) is 0 Å². The van der Waals surface area contributed by atoms with Gasteiger partial charge in [0.1, 0.15) is 6.10 Å². The third kappa shape index (κ3) is 2.41. The highest BCUT2D eigenvalue weighted by Gasteiger charge is 2.08. The molecule has 0 aliphatic heterocycles. The van der Waals surface area contributed by atoms with E-state index >= 15 is 0 Å². The van der Waals surface area contributed by atoms with Gasteiger partial charge in [0.15, 0.2) is 0 Å². The molecule has 0 amide bonds. The summed E-state index contributed by atoms with van der Waals surface area (Å²) >= 11 is 3.32. The van der Waals surface area contributed by atoms with Crippen molar-refractivity contribution >= 4 is 38.4 Å². The second kappa shape index (κ2) is 5.10. The molecule has 1 unspecified atom stereocenters. The SMILES string of the molecule is OC(CNc1ccc2sccc2c1)c1cccs1. The van der Waals surface area contributed by atoms with E-state index in [0.29, 0.717) is 6.54 Å². The van der Waals surface area contributed by atoms with Crippen LogP contribution in [0.5, 0.6) is 0 Å². The maximum absolute atomic E-state index is 9.99. The molecule has 1 aromatic carbocycles. The summed E-state index contributed by atoms with van der Waals surface area (Å²) in [6, 6.07) is 12.3. The van der Waals surface area contributed by atoms with E-state index in [1.807, 2.05) is 17.5 Å². The molecule has 0 fully saturated rings. The number of aliphatic hydroxyl groups is 1. The van der Waals surface area contributed by atoms with Crippen molar-refractivity contribution in [3.63, 3.8) is 0 Å². The van der Waals surface area contributed by atoms with Crippen LogP contribution in [0.2, 0.25) is 0 Å². The lowest BCUT2D eigenvalue weighted by Crippen LogP contribution is -2.10. The van der Waals surface area contributed by atoms with E-state index in [9.17, 15) is 5.11 Å². The molecule has 3 rings (SSSR count). The highest BCUT2D eigenvalue weighted by atomic mass is 32.1. The molecule has 0 bridgehead atoms. The van der Waals surface area contributed by atoms with Crippen molar-refractivity contribution in [2.75, 3.05) is 11.9 Å². The minimum atomic E-state index is -0.442. The Hall–Kier alpha value is -1.36. The van der Waals surface area contributed by atoms with Crippen LogP contribution in [-0.4, -0.2) is 11.7 Å². The Morgan fingerprint density at radius 2 is 2.06 bits per heavy atom. The van der Waals surface area contributed by atoms with Gasteiger partial charge in [0, 0.05) is 21.8 Å². The zero-order valence-corrected chi connectivity index (χ0v) is 11.3. The summed E-state index contributed by atoms with van der Waals surface area (Å²) < 4.78 is 1.29. The van der Waals surface area contributed by atoms with E-state index in [4.69, 9.17) is 0 Å². The summed E-state index contributed by atoms with van der Waals surface area (Å²) in [5.41, 5.74) is 1.05. The van der Waals surface area contributed by atoms with Gasteiger partial charge in [-0.1, -0.05) is 6.07 Å². The average molecular weight is 275 g/mol. The van der Waals surface area contributed by atoms with Crippen LogP contribution in [0.25, 0.3) is 10.1 Å². The van der Waals surface area contributed by atoms with Crippen molar-refractivity contribution < 1.29 is 5.11 Å². The van der Waals surface area contributed by atoms with Gasteiger partial charge in [-0.2, -0.15) is 0 Å². The monoisotopic (exact) mass is 275 g/mol. The first-order valence-corrected chi connectivity index (χ1v) is 7.51. The average Bonchev–Trinajstić information content (AvgIpc) is 3.05. The fourth-order valence-corrected chi connectivity index (χ4v) is 3.36. The Kier molecular flexibility index (Phi) is 3.32. The molecule has 4 heteroatoms. The molecule has 92 valence electrons. The molecular formula is C14H13NOS2. The van der Waals surface area contributed by atoms with Gasteiger partial charge in [0.05, 0.1) is 0 Å². The second-order valence-electron chi connectivity index (χ2n) is 4.09. The normalized spacial score (nSPS) is 12.7. The summed E-state index contributed by atoms with van der Waals surface area (Å²) in [6.07, 6.45) is -0.442. The van der Waals surface area contributed by atoms with E-state index in [1.165, 1.54) is 10.1 Å².